The fraction of sp³-hybridized carbons (Fsp3) is 0.944. The maximum atomic E-state index is 11.4. The van der Waals surface area contributed by atoms with E-state index in [-0.39, 0.29) is 25.7 Å². The minimum atomic E-state index is -1.90. The van der Waals surface area contributed by atoms with Gasteiger partial charge in [0.15, 0.2) is 6.29 Å². The summed E-state index contributed by atoms with van der Waals surface area (Å²) in [7, 11) is 0. The Kier molecular flexibility index (Phi) is 14.4. The van der Waals surface area contributed by atoms with Crippen LogP contribution in [-0.4, -0.2) is 72.8 Å². The van der Waals surface area contributed by atoms with Crippen molar-refractivity contribution in [3.8, 4) is 0 Å². The van der Waals surface area contributed by atoms with Crippen LogP contribution in [0.2, 0.25) is 0 Å². The predicted octanol–water partition coefficient (Wildman–Crippen LogP) is 1.04. The van der Waals surface area contributed by atoms with Gasteiger partial charge in [-0.3, -0.25) is 35.1 Å². The summed E-state index contributed by atoms with van der Waals surface area (Å²) in [6.45, 7) is 1.89. The quantitative estimate of drug-likeness (QED) is 0.145. The molecular formula is C18H32N3O10. The summed E-state index contributed by atoms with van der Waals surface area (Å²) < 4.78 is 0. The smallest absolute Gasteiger partial charge is 0.245 e. The Morgan fingerprint density at radius 3 is 1.68 bits per heavy atom. The number of carbonyl (C=O) groups excluding carboxylic acids is 1. The van der Waals surface area contributed by atoms with Crippen molar-refractivity contribution in [1.29, 1.82) is 0 Å². The van der Waals surface area contributed by atoms with Gasteiger partial charge in [-0.1, -0.05) is 26.2 Å². The molecule has 0 aliphatic heterocycles. The standard InChI is InChI=1S/C18H32N3O10/c1-2-3-5-8-13(19(26)27)17(24)12-18(25)15(21(30)31)11-14(20(28)29)16(23)9-6-4-7-10-22/h13-18,23-25H,2-9,11-12H2,1H3. The molecule has 0 heterocycles. The van der Waals surface area contributed by atoms with Crippen molar-refractivity contribution in [3.63, 3.8) is 0 Å². The molecule has 0 aromatic carbocycles. The Balaban J connectivity index is 5.15. The molecule has 0 spiro atoms. The zero-order valence-corrected chi connectivity index (χ0v) is 17.6. The molecule has 0 rings (SSSR count). The van der Waals surface area contributed by atoms with E-state index in [1.54, 1.807) is 6.29 Å². The van der Waals surface area contributed by atoms with Crippen LogP contribution >= 0.6 is 0 Å². The normalized spacial score (nSPS) is 17.2. The van der Waals surface area contributed by atoms with Gasteiger partial charge in [0.1, 0.15) is 18.3 Å². The molecule has 1 radical (unpaired) electrons. The van der Waals surface area contributed by atoms with Crippen LogP contribution in [0.4, 0.5) is 0 Å². The van der Waals surface area contributed by atoms with Gasteiger partial charge in [0, 0.05) is 34.0 Å². The van der Waals surface area contributed by atoms with Crippen molar-refractivity contribution in [2.75, 3.05) is 0 Å². The van der Waals surface area contributed by atoms with Gasteiger partial charge in [-0.05, 0) is 19.3 Å². The first-order valence-electron chi connectivity index (χ1n) is 10.4. The number of unbranched alkanes of at least 4 members (excludes halogenated alkanes) is 4. The highest BCUT2D eigenvalue weighted by molar-refractivity contribution is 5.50. The first kappa shape index (κ1) is 28.8. The van der Waals surface area contributed by atoms with E-state index in [4.69, 9.17) is 0 Å². The zero-order valence-electron chi connectivity index (χ0n) is 17.6. The number of nitro groups is 3. The molecule has 31 heavy (non-hydrogen) atoms. The zero-order chi connectivity index (χ0) is 24.0. The second kappa shape index (κ2) is 15.5. The number of aliphatic hydroxyl groups excluding tert-OH is 3. The third kappa shape index (κ3) is 11.1. The molecule has 0 aliphatic carbocycles. The lowest BCUT2D eigenvalue weighted by atomic mass is 9.91. The molecule has 0 aromatic rings. The molecule has 0 saturated carbocycles. The molecule has 0 saturated heterocycles. The van der Waals surface area contributed by atoms with Gasteiger partial charge < -0.3 is 15.3 Å². The Morgan fingerprint density at radius 2 is 1.19 bits per heavy atom. The summed E-state index contributed by atoms with van der Waals surface area (Å²) in [5, 5.41) is 64.4. The first-order chi connectivity index (χ1) is 14.6. The summed E-state index contributed by atoms with van der Waals surface area (Å²) in [5.41, 5.74) is 0. The lowest BCUT2D eigenvalue weighted by molar-refractivity contribution is -0.574. The van der Waals surface area contributed by atoms with Gasteiger partial charge in [0.05, 0.1) is 6.42 Å². The minimum absolute atomic E-state index is 0.0340. The average molecular weight is 450 g/mol. The van der Waals surface area contributed by atoms with Gasteiger partial charge in [0.2, 0.25) is 18.1 Å². The Morgan fingerprint density at radius 1 is 0.710 bits per heavy atom. The van der Waals surface area contributed by atoms with Gasteiger partial charge in [-0.25, -0.2) is 0 Å². The molecule has 179 valence electrons. The van der Waals surface area contributed by atoms with E-state index in [1.165, 1.54) is 0 Å². The van der Waals surface area contributed by atoms with Gasteiger partial charge in [-0.2, -0.15) is 0 Å². The van der Waals surface area contributed by atoms with Crippen LogP contribution in [0, 0.1) is 30.3 Å². The highest BCUT2D eigenvalue weighted by Gasteiger charge is 2.43. The lowest BCUT2D eigenvalue weighted by Crippen LogP contribution is -2.46. The van der Waals surface area contributed by atoms with Crippen molar-refractivity contribution >= 4 is 6.29 Å². The van der Waals surface area contributed by atoms with E-state index in [1.807, 2.05) is 6.92 Å². The highest BCUT2D eigenvalue weighted by Crippen LogP contribution is 2.21. The van der Waals surface area contributed by atoms with E-state index < -0.39 is 64.0 Å². The predicted molar refractivity (Wildman–Crippen MR) is 108 cm³/mol. The Hall–Kier alpha value is -2.25. The molecule has 3 N–H and O–H groups in total. The molecule has 0 aromatic heterocycles. The monoisotopic (exact) mass is 450 g/mol. The van der Waals surface area contributed by atoms with Crippen molar-refractivity contribution in [1.82, 2.24) is 0 Å². The third-order valence-corrected chi connectivity index (χ3v) is 5.24. The van der Waals surface area contributed by atoms with Gasteiger partial charge >= 0.3 is 0 Å². The average Bonchev–Trinajstić information content (AvgIpc) is 2.67. The van der Waals surface area contributed by atoms with Crippen LogP contribution in [0.5, 0.6) is 0 Å². The molecule has 0 amide bonds. The number of nitrogens with zero attached hydrogens (tertiary/aromatic N) is 3. The second-order valence-electron chi connectivity index (χ2n) is 7.62. The highest BCUT2D eigenvalue weighted by atomic mass is 16.6. The summed E-state index contributed by atoms with van der Waals surface area (Å²) in [5.74, 6) is 0. The number of aliphatic hydroxyl groups is 3. The van der Waals surface area contributed by atoms with E-state index in [0.717, 1.165) is 6.42 Å². The van der Waals surface area contributed by atoms with Crippen LogP contribution in [0.3, 0.4) is 0 Å². The van der Waals surface area contributed by atoms with E-state index in [0.29, 0.717) is 19.3 Å². The molecule has 6 unspecified atom stereocenters. The van der Waals surface area contributed by atoms with Gasteiger partial charge in [0.25, 0.3) is 0 Å². The van der Waals surface area contributed by atoms with Crippen LogP contribution in [0.1, 0.15) is 71.1 Å². The Bertz CT molecular complexity index is 577. The van der Waals surface area contributed by atoms with Crippen molar-refractivity contribution in [3.05, 3.63) is 30.3 Å². The molecule has 6 atom stereocenters. The molecule has 13 heteroatoms. The number of hydrogen-bond donors (Lipinski definition) is 3. The van der Waals surface area contributed by atoms with Crippen LogP contribution in [0.15, 0.2) is 0 Å². The first-order valence-corrected chi connectivity index (χ1v) is 10.4. The van der Waals surface area contributed by atoms with Crippen molar-refractivity contribution < 1.29 is 34.9 Å². The maximum absolute atomic E-state index is 11.4. The van der Waals surface area contributed by atoms with Gasteiger partial charge in [-0.15, -0.1) is 0 Å². The molecular weight excluding hydrogens is 418 g/mol. The van der Waals surface area contributed by atoms with Crippen LogP contribution in [-0.2, 0) is 4.79 Å². The molecule has 0 bridgehead atoms. The fourth-order valence-corrected chi connectivity index (χ4v) is 3.36. The van der Waals surface area contributed by atoms with E-state index in [2.05, 4.69) is 0 Å². The topological polar surface area (TPSA) is 207 Å². The van der Waals surface area contributed by atoms with Crippen molar-refractivity contribution in [2.45, 2.75) is 108 Å². The maximum Gasteiger partial charge on any atom is 0.245 e. The van der Waals surface area contributed by atoms with Crippen molar-refractivity contribution in [2.24, 2.45) is 0 Å². The third-order valence-electron chi connectivity index (χ3n) is 5.24. The number of hydrogen-bond acceptors (Lipinski definition) is 10. The molecule has 0 fully saturated rings. The molecule has 13 nitrogen and oxygen atoms in total. The summed E-state index contributed by atoms with van der Waals surface area (Å²) in [4.78, 5) is 41.6. The SMILES string of the molecule is CCCCCC(C(O)CC(O)C(CC(C(O)CCCC[C]=O)[N+](=O)[O-])[N+](=O)[O-])[N+](=O)[O-]. The van der Waals surface area contributed by atoms with E-state index >= 15 is 0 Å². The Labute approximate surface area is 179 Å². The summed E-state index contributed by atoms with van der Waals surface area (Å²) in [6.07, 6.45) is -2.31. The fourth-order valence-electron chi connectivity index (χ4n) is 3.36. The van der Waals surface area contributed by atoms with Crippen LogP contribution < -0.4 is 0 Å². The minimum Gasteiger partial charge on any atom is -0.386 e. The van der Waals surface area contributed by atoms with E-state index in [9.17, 15) is 50.5 Å². The largest absolute Gasteiger partial charge is 0.386 e. The summed E-state index contributed by atoms with van der Waals surface area (Å²) in [6, 6.07) is -5.07. The lowest BCUT2D eigenvalue weighted by Gasteiger charge is -2.23. The van der Waals surface area contributed by atoms with Crippen LogP contribution in [0.25, 0.3) is 0 Å². The molecule has 0 aliphatic rings. The second-order valence-corrected chi connectivity index (χ2v) is 7.62. The number of rotatable bonds is 19. The summed E-state index contributed by atoms with van der Waals surface area (Å²) >= 11 is 0.